The van der Waals surface area contributed by atoms with Crippen LogP contribution in [-0.2, 0) is 4.52 Å². The van der Waals surface area contributed by atoms with Crippen molar-refractivity contribution in [2.45, 2.75) is 58.2 Å². The summed E-state index contributed by atoms with van der Waals surface area (Å²) in [6.45, 7) is 8.62. The van der Waals surface area contributed by atoms with Gasteiger partial charge >= 0.3 is 128 Å². The second kappa shape index (κ2) is 6.91. The Balaban J connectivity index is 5.85. The fraction of sp³-hybridized carbons (Fsp3) is 1.00. The molecule has 0 fully saturated rings. The average molecular weight is 406 g/mol. The quantitative estimate of drug-likeness (QED) is 0.377. The van der Waals surface area contributed by atoms with Gasteiger partial charge < -0.3 is 0 Å². The molecule has 0 saturated carbocycles. The van der Waals surface area contributed by atoms with Crippen molar-refractivity contribution in [3.8, 4) is 0 Å². The van der Waals surface area contributed by atoms with E-state index in [1.807, 2.05) is 0 Å². The molecular formula is C11H20F6NOPSe. The van der Waals surface area contributed by atoms with Crippen LogP contribution in [0.25, 0.3) is 0 Å². The fourth-order valence-corrected chi connectivity index (χ4v) is 6.26. The predicted octanol–water partition coefficient (Wildman–Crippen LogP) is 4.57. The Hall–Kier alpha value is 0.449. The summed E-state index contributed by atoms with van der Waals surface area (Å²) < 4.78 is 82.7. The number of hydrogen-bond donors (Lipinski definition) is 0. The van der Waals surface area contributed by atoms with Gasteiger partial charge in [-0.05, 0) is 0 Å². The molecule has 0 aromatic rings. The van der Waals surface area contributed by atoms with E-state index in [1.165, 1.54) is 4.67 Å². The van der Waals surface area contributed by atoms with Crippen molar-refractivity contribution in [2.24, 2.45) is 0 Å². The van der Waals surface area contributed by atoms with Crippen molar-refractivity contribution in [1.82, 2.24) is 4.67 Å². The first kappa shape index (κ1) is 21.4. The summed E-state index contributed by atoms with van der Waals surface area (Å²) in [5, 5.41) is -0.895. The molecule has 1 unspecified atom stereocenters. The molecule has 0 aromatic heterocycles. The Morgan fingerprint density at radius 2 is 1.29 bits per heavy atom. The summed E-state index contributed by atoms with van der Waals surface area (Å²) in [6.07, 6.45) is -14.8. The summed E-state index contributed by atoms with van der Waals surface area (Å²) >= 11 is 2.52. The van der Waals surface area contributed by atoms with Crippen molar-refractivity contribution >= 4 is 21.0 Å². The third kappa shape index (κ3) is 5.24. The summed E-state index contributed by atoms with van der Waals surface area (Å²) in [4.78, 5) is 0. The number of halogens is 6. The van der Waals surface area contributed by atoms with Crippen molar-refractivity contribution in [2.75, 3.05) is 13.1 Å². The second-order valence-corrected chi connectivity index (χ2v) is 11.7. The van der Waals surface area contributed by atoms with Gasteiger partial charge in [0.25, 0.3) is 0 Å². The van der Waals surface area contributed by atoms with Crippen LogP contribution in [0, 0.1) is 0 Å². The molecule has 0 aromatic carbocycles. The van der Waals surface area contributed by atoms with Gasteiger partial charge in [0, 0.05) is 0 Å². The maximum absolute atomic E-state index is 12.7. The van der Waals surface area contributed by atoms with Crippen molar-refractivity contribution in [3.05, 3.63) is 0 Å². The molecule has 0 amide bonds. The first-order valence-electron chi connectivity index (χ1n) is 6.28. The van der Waals surface area contributed by atoms with Crippen LogP contribution in [0.4, 0.5) is 26.3 Å². The second-order valence-electron chi connectivity index (χ2n) is 5.40. The number of rotatable bonds is 5. The molecule has 0 radical (unpaired) electrons. The molecule has 0 aliphatic heterocycles. The van der Waals surface area contributed by atoms with E-state index >= 15 is 0 Å². The normalized spacial score (nSPS) is 17.4. The van der Waals surface area contributed by atoms with E-state index < -0.39 is 29.5 Å². The van der Waals surface area contributed by atoms with Crippen LogP contribution in [0.2, 0.25) is 0 Å². The van der Waals surface area contributed by atoms with Crippen LogP contribution in [0.5, 0.6) is 0 Å². The molecule has 0 bridgehead atoms. The van der Waals surface area contributed by atoms with E-state index in [1.54, 1.807) is 34.6 Å². The van der Waals surface area contributed by atoms with Crippen molar-refractivity contribution < 1.29 is 30.9 Å². The topological polar surface area (TPSA) is 12.5 Å². The van der Waals surface area contributed by atoms with E-state index in [0.29, 0.717) is 0 Å². The van der Waals surface area contributed by atoms with Gasteiger partial charge in [0.2, 0.25) is 0 Å². The van der Waals surface area contributed by atoms with Crippen LogP contribution in [0.15, 0.2) is 0 Å². The van der Waals surface area contributed by atoms with E-state index in [9.17, 15) is 26.3 Å². The number of nitrogens with zero attached hydrogens (tertiary/aromatic N) is 1. The van der Waals surface area contributed by atoms with Gasteiger partial charge in [-0.25, -0.2) is 0 Å². The molecule has 1 atom stereocenters. The number of alkyl halides is 6. The molecule has 128 valence electrons. The van der Waals surface area contributed by atoms with Gasteiger partial charge in [-0.3, -0.25) is 0 Å². The Bertz CT molecular complexity index is 372. The van der Waals surface area contributed by atoms with Gasteiger partial charge in [-0.1, -0.05) is 0 Å². The van der Waals surface area contributed by atoms with Crippen LogP contribution in [0.1, 0.15) is 34.6 Å². The molecule has 0 heterocycles. The van der Waals surface area contributed by atoms with E-state index in [4.69, 9.17) is 4.52 Å². The van der Waals surface area contributed by atoms with E-state index in [2.05, 4.69) is 15.1 Å². The standard InChI is InChI=1S/C11H20F6NOPSe/c1-6-18(7-2)20(21,9(3,4)5)19-8(10(12,13)14)11(15,16)17/h8H,6-7H2,1-5H3. The van der Waals surface area contributed by atoms with Gasteiger partial charge in [0.15, 0.2) is 0 Å². The van der Waals surface area contributed by atoms with Gasteiger partial charge in [-0.15, -0.1) is 0 Å². The molecule has 0 rings (SSSR count). The Morgan fingerprint density at radius 3 is 1.48 bits per heavy atom. The summed E-state index contributed by atoms with van der Waals surface area (Å²) in [5.41, 5.74) is 0. The average Bonchev–Trinajstić information content (AvgIpc) is 2.22. The Morgan fingerprint density at radius 1 is 0.952 bits per heavy atom. The third-order valence-corrected chi connectivity index (χ3v) is 11.7. The third-order valence-electron chi connectivity index (χ3n) is 2.79. The molecule has 0 aliphatic rings. The fourth-order valence-electron chi connectivity index (χ4n) is 1.69. The van der Waals surface area contributed by atoms with Crippen LogP contribution in [0.3, 0.4) is 0 Å². The molecule has 0 spiro atoms. The molecule has 2 nitrogen and oxygen atoms in total. The van der Waals surface area contributed by atoms with Crippen molar-refractivity contribution in [3.63, 3.8) is 0 Å². The SMILES string of the molecule is CCN(CC)P(=[Se])(OC(C(F)(F)F)C(F)(F)F)C(C)(C)C. The minimum atomic E-state index is -5.51. The zero-order chi connectivity index (χ0) is 17.3. The molecule has 0 N–H and O–H groups in total. The molecule has 0 aliphatic carbocycles. The molecule has 10 heteroatoms. The summed E-state index contributed by atoms with van der Waals surface area (Å²) in [6, 6.07) is 0. The van der Waals surface area contributed by atoms with Crippen LogP contribution >= 0.6 is 5.89 Å². The zero-order valence-electron chi connectivity index (χ0n) is 12.5. The van der Waals surface area contributed by atoms with Crippen LogP contribution in [-0.4, -0.2) is 56.5 Å². The molecular weight excluding hydrogens is 386 g/mol. The molecule has 0 saturated heterocycles. The first-order valence-corrected chi connectivity index (χ1v) is 10.2. The maximum atomic E-state index is 12.7. The summed E-state index contributed by atoms with van der Waals surface area (Å²) in [5.74, 6) is -3.24. The van der Waals surface area contributed by atoms with E-state index in [-0.39, 0.29) is 13.1 Å². The summed E-state index contributed by atoms with van der Waals surface area (Å²) in [7, 11) is 0. The Labute approximate surface area is 128 Å². The van der Waals surface area contributed by atoms with Gasteiger partial charge in [0.1, 0.15) is 0 Å². The molecule has 21 heavy (non-hydrogen) atoms. The van der Waals surface area contributed by atoms with E-state index in [0.717, 1.165) is 0 Å². The van der Waals surface area contributed by atoms with Crippen molar-refractivity contribution in [1.29, 1.82) is 0 Å². The van der Waals surface area contributed by atoms with Crippen LogP contribution < -0.4 is 0 Å². The zero-order valence-corrected chi connectivity index (χ0v) is 15.1. The Kier molecular flexibility index (Phi) is 7.06. The number of hydrogen-bond acceptors (Lipinski definition) is 2. The first-order chi connectivity index (χ1) is 9.11. The van der Waals surface area contributed by atoms with Gasteiger partial charge in [0.05, 0.1) is 0 Å². The predicted molar refractivity (Wildman–Crippen MR) is 72.3 cm³/mol. The van der Waals surface area contributed by atoms with Gasteiger partial charge in [-0.2, -0.15) is 0 Å². The monoisotopic (exact) mass is 407 g/mol. The minimum absolute atomic E-state index is 0.289.